The summed E-state index contributed by atoms with van der Waals surface area (Å²) in [6, 6.07) is 8.57. The summed E-state index contributed by atoms with van der Waals surface area (Å²) < 4.78 is 0. The van der Waals surface area contributed by atoms with Gasteiger partial charge in [0, 0.05) is 12.8 Å². The number of imide groups is 1. The quantitative estimate of drug-likeness (QED) is 0.767. The zero-order valence-corrected chi connectivity index (χ0v) is 8.80. The van der Waals surface area contributed by atoms with E-state index in [0.29, 0.717) is 0 Å². The first kappa shape index (κ1) is 10.8. The van der Waals surface area contributed by atoms with E-state index in [1.807, 2.05) is 18.2 Å². The highest BCUT2D eigenvalue weighted by molar-refractivity contribution is 6.02. The lowest BCUT2D eigenvalue weighted by Crippen LogP contribution is -2.35. The second-order valence-corrected chi connectivity index (χ2v) is 3.77. The SMILES string of the molecule is O=C1CCC(=O)N1C(CO)c1ccccc1. The average Bonchev–Trinajstić information content (AvgIpc) is 2.63. The molecule has 4 heteroatoms. The van der Waals surface area contributed by atoms with Crippen molar-refractivity contribution in [3.63, 3.8) is 0 Å². The molecule has 0 aliphatic carbocycles. The van der Waals surface area contributed by atoms with Gasteiger partial charge in [0.25, 0.3) is 0 Å². The van der Waals surface area contributed by atoms with Crippen molar-refractivity contribution in [2.45, 2.75) is 18.9 Å². The number of carbonyl (C=O) groups excluding carboxylic acids is 2. The lowest BCUT2D eigenvalue weighted by Gasteiger charge is -2.24. The first-order valence-corrected chi connectivity index (χ1v) is 5.24. The maximum absolute atomic E-state index is 11.6. The van der Waals surface area contributed by atoms with Gasteiger partial charge in [-0.3, -0.25) is 14.5 Å². The number of aliphatic hydroxyl groups is 1. The third-order valence-corrected chi connectivity index (χ3v) is 2.76. The smallest absolute Gasteiger partial charge is 0.230 e. The topological polar surface area (TPSA) is 57.6 Å². The minimum atomic E-state index is -0.538. The molecular weight excluding hydrogens is 206 g/mol. The summed E-state index contributed by atoms with van der Waals surface area (Å²) in [6.07, 6.45) is 0.504. The number of amides is 2. The van der Waals surface area contributed by atoms with E-state index < -0.39 is 6.04 Å². The minimum Gasteiger partial charge on any atom is -0.394 e. The molecule has 0 saturated carbocycles. The van der Waals surface area contributed by atoms with E-state index in [0.717, 1.165) is 5.56 Å². The van der Waals surface area contributed by atoms with Crippen LogP contribution in [0.4, 0.5) is 0 Å². The Morgan fingerprint density at radius 3 is 2.19 bits per heavy atom. The minimum absolute atomic E-state index is 0.201. The van der Waals surface area contributed by atoms with Gasteiger partial charge in [-0.05, 0) is 5.56 Å². The summed E-state index contributed by atoms with van der Waals surface area (Å²) in [7, 11) is 0. The van der Waals surface area contributed by atoms with E-state index in [1.54, 1.807) is 12.1 Å². The van der Waals surface area contributed by atoms with Crippen LogP contribution in [0.5, 0.6) is 0 Å². The molecule has 1 aromatic carbocycles. The summed E-state index contributed by atoms with van der Waals surface area (Å²) in [5.74, 6) is -0.402. The highest BCUT2D eigenvalue weighted by Crippen LogP contribution is 2.26. The van der Waals surface area contributed by atoms with E-state index in [2.05, 4.69) is 0 Å². The molecule has 0 bridgehead atoms. The lowest BCUT2D eigenvalue weighted by atomic mass is 10.1. The summed E-state index contributed by atoms with van der Waals surface area (Å²) in [4.78, 5) is 24.3. The van der Waals surface area contributed by atoms with Crippen LogP contribution >= 0.6 is 0 Å². The normalized spacial score (nSPS) is 17.9. The monoisotopic (exact) mass is 219 g/mol. The van der Waals surface area contributed by atoms with Crippen LogP contribution < -0.4 is 0 Å². The van der Waals surface area contributed by atoms with Gasteiger partial charge in [0.15, 0.2) is 0 Å². The second-order valence-electron chi connectivity index (χ2n) is 3.77. The maximum Gasteiger partial charge on any atom is 0.230 e. The second kappa shape index (κ2) is 4.45. The molecule has 0 spiro atoms. The third kappa shape index (κ3) is 1.84. The Balaban J connectivity index is 2.29. The molecule has 84 valence electrons. The molecule has 2 amide bonds. The molecule has 0 aromatic heterocycles. The number of hydrogen-bond donors (Lipinski definition) is 1. The van der Waals surface area contributed by atoms with E-state index >= 15 is 0 Å². The summed E-state index contributed by atoms with van der Waals surface area (Å²) in [6.45, 7) is -0.235. The molecule has 1 saturated heterocycles. The van der Waals surface area contributed by atoms with Gasteiger partial charge in [-0.1, -0.05) is 30.3 Å². The fourth-order valence-electron chi connectivity index (χ4n) is 1.95. The highest BCUT2D eigenvalue weighted by atomic mass is 16.3. The predicted molar refractivity (Wildman–Crippen MR) is 57.4 cm³/mol. The first-order chi connectivity index (χ1) is 7.74. The van der Waals surface area contributed by atoms with Crippen molar-refractivity contribution in [2.75, 3.05) is 6.61 Å². The van der Waals surface area contributed by atoms with Crippen LogP contribution in [0.25, 0.3) is 0 Å². The summed E-state index contributed by atoms with van der Waals surface area (Å²) >= 11 is 0. The van der Waals surface area contributed by atoms with Gasteiger partial charge >= 0.3 is 0 Å². The Hall–Kier alpha value is -1.68. The summed E-state index contributed by atoms with van der Waals surface area (Å²) in [5.41, 5.74) is 0.786. The Kier molecular flexibility index (Phi) is 3.01. The maximum atomic E-state index is 11.6. The van der Waals surface area contributed by atoms with Crippen molar-refractivity contribution in [1.82, 2.24) is 4.90 Å². The molecule has 2 rings (SSSR count). The molecule has 1 fully saturated rings. The Bertz CT molecular complexity index is 386. The van der Waals surface area contributed by atoms with Crippen molar-refractivity contribution < 1.29 is 14.7 Å². The molecule has 1 aromatic rings. The van der Waals surface area contributed by atoms with E-state index in [-0.39, 0.29) is 31.3 Å². The van der Waals surface area contributed by atoms with Crippen LogP contribution in [0, 0.1) is 0 Å². The Morgan fingerprint density at radius 2 is 1.69 bits per heavy atom. The molecule has 1 aliphatic rings. The van der Waals surface area contributed by atoms with Crippen LogP contribution in [0.3, 0.4) is 0 Å². The molecule has 1 heterocycles. The lowest BCUT2D eigenvalue weighted by molar-refractivity contribution is -0.142. The van der Waals surface area contributed by atoms with E-state index in [4.69, 9.17) is 0 Å². The molecule has 4 nitrogen and oxygen atoms in total. The Labute approximate surface area is 93.5 Å². The highest BCUT2D eigenvalue weighted by Gasteiger charge is 2.35. The molecule has 16 heavy (non-hydrogen) atoms. The fraction of sp³-hybridized carbons (Fsp3) is 0.333. The van der Waals surface area contributed by atoms with Gasteiger partial charge in [-0.2, -0.15) is 0 Å². The van der Waals surface area contributed by atoms with Gasteiger partial charge in [0.1, 0.15) is 0 Å². The van der Waals surface area contributed by atoms with Gasteiger partial charge in [-0.25, -0.2) is 0 Å². The number of benzene rings is 1. The van der Waals surface area contributed by atoms with Gasteiger partial charge < -0.3 is 5.11 Å². The number of aliphatic hydroxyl groups excluding tert-OH is 1. The van der Waals surface area contributed by atoms with Gasteiger partial charge in [0.2, 0.25) is 11.8 Å². The van der Waals surface area contributed by atoms with Crippen molar-refractivity contribution in [1.29, 1.82) is 0 Å². The predicted octanol–water partition coefficient (Wildman–Crippen LogP) is 0.869. The van der Waals surface area contributed by atoms with Crippen molar-refractivity contribution in [3.05, 3.63) is 35.9 Å². The zero-order valence-electron chi connectivity index (χ0n) is 8.80. The Morgan fingerprint density at radius 1 is 1.12 bits per heavy atom. The standard InChI is InChI=1S/C12H13NO3/c14-8-10(9-4-2-1-3-5-9)13-11(15)6-7-12(13)16/h1-5,10,14H,6-8H2. The van der Waals surface area contributed by atoms with Crippen LogP contribution in [0.1, 0.15) is 24.4 Å². The molecule has 1 aliphatic heterocycles. The molecular formula is C12H13NO3. The van der Waals surface area contributed by atoms with Crippen LogP contribution in [-0.2, 0) is 9.59 Å². The largest absolute Gasteiger partial charge is 0.394 e. The molecule has 0 radical (unpaired) electrons. The van der Waals surface area contributed by atoms with Crippen molar-refractivity contribution in [2.24, 2.45) is 0 Å². The fourth-order valence-corrected chi connectivity index (χ4v) is 1.95. The number of carbonyl (C=O) groups is 2. The number of nitrogens with zero attached hydrogens (tertiary/aromatic N) is 1. The molecule has 1 unspecified atom stereocenters. The molecule has 1 N–H and O–H groups in total. The summed E-state index contributed by atoms with van der Waals surface area (Å²) in [5, 5.41) is 9.33. The first-order valence-electron chi connectivity index (χ1n) is 5.24. The number of likely N-dealkylation sites (tertiary alicyclic amines) is 1. The number of hydrogen-bond acceptors (Lipinski definition) is 3. The van der Waals surface area contributed by atoms with E-state index in [1.165, 1.54) is 4.90 Å². The third-order valence-electron chi connectivity index (χ3n) is 2.76. The average molecular weight is 219 g/mol. The van der Waals surface area contributed by atoms with Crippen molar-refractivity contribution in [3.8, 4) is 0 Å². The molecule has 1 atom stereocenters. The number of rotatable bonds is 3. The van der Waals surface area contributed by atoms with Crippen LogP contribution in [-0.4, -0.2) is 28.4 Å². The van der Waals surface area contributed by atoms with Gasteiger partial charge in [-0.15, -0.1) is 0 Å². The van der Waals surface area contributed by atoms with Gasteiger partial charge in [0.05, 0.1) is 12.6 Å². The zero-order chi connectivity index (χ0) is 11.5. The van der Waals surface area contributed by atoms with E-state index in [9.17, 15) is 14.7 Å². The van der Waals surface area contributed by atoms with Crippen molar-refractivity contribution >= 4 is 11.8 Å². The van der Waals surface area contributed by atoms with Crippen LogP contribution in [0.2, 0.25) is 0 Å². The van der Waals surface area contributed by atoms with Crippen LogP contribution in [0.15, 0.2) is 30.3 Å².